The topological polar surface area (TPSA) is 176 Å². The van der Waals surface area contributed by atoms with Crippen LogP contribution < -0.4 is 11.2 Å². The van der Waals surface area contributed by atoms with Gasteiger partial charge in [-0.25, -0.2) is 9.97 Å². The van der Waals surface area contributed by atoms with Crippen LogP contribution in [0, 0.1) is 0 Å². The van der Waals surface area contributed by atoms with Crippen molar-refractivity contribution in [3.8, 4) is 0 Å². The van der Waals surface area contributed by atoms with E-state index in [-0.39, 0.29) is 22.4 Å². The molecule has 0 aliphatic carbocycles. The van der Waals surface area contributed by atoms with Crippen LogP contribution in [0.25, 0.3) is 11.0 Å². The number of hydrogen-bond donors (Lipinski definition) is 6. The van der Waals surface area contributed by atoms with Gasteiger partial charge in [0.2, 0.25) is 0 Å². The summed E-state index contributed by atoms with van der Waals surface area (Å²) in [5.74, 6) is -0.855. The molecule has 1 amide bonds. The highest BCUT2D eigenvalue weighted by molar-refractivity contribution is 6.09. The number of carbonyl (C=O) groups is 1. The fraction of sp³-hybridized carbons (Fsp3) is 0.462. The lowest BCUT2D eigenvalue weighted by Crippen LogP contribution is -2.44. The standard InChI is InChI=1S/C13H17N5O6/c1-13(22)8(20)6(3-19)24-12(13)18-2-5(9(14)21)7-10(17-23)15-4-16-11(7)18/h2,4,6,8,12,19-20,22-23H,3H2,1H3,(H2,14,21)(H,15,16,17)/t6?,8?,12?,13-/m1/s1. The highest BCUT2D eigenvalue weighted by atomic mass is 16.6. The van der Waals surface area contributed by atoms with E-state index in [2.05, 4.69) is 9.97 Å². The number of primary amides is 1. The van der Waals surface area contributed by atoms with Crippen molar-refractivity contribution in [2.75, 3.05) is 12.1 Å². The maximum Gasteiger partial charge on any atom is 0.251 e. The maximum absolute atomic E-state index is 11.7. The molecule has 1 aliphatic heterocycles. The van der Waals surface area contributed by atoms with Crippen LogP contribution in [-0.4, -0.2) is 65.4 Å². The average molecular weight is 339 g/mol. The van der Waals surface area contributed by atoms with Crippen LogP contribution in [0.4, 0.5) is 5.82 Å². The summed E-state index contributed by atoms with van der Waals surface area (Å²) in [5, 5.41) is 39.3. The zero-order valence-corrected chi connectivity index (χ0v) is 12.6. The molecule has 24 heavy (non-hydrogen) atoms. The summed E-state index contributed by atoms with van der Waals surface area (Å²) >= 11 is 0. The SMILES string of the molecule is C[C@@]1(O)C(O)C(CO)OC1n1cc(C(N)=O)c2c(NO)ncnc21. The predicted octanol–water partition coefficient (Wildman–Crippen LogP) is -1.67. The number of rotatable bonds is 4. The molecule has 130 valence electrons. The third-order valence-electron chi connectivity index (χ3n) is 4.17. The van der Waals surface area contributed by atoms with Gasteiger partial charge in [-0.1, -0.05) is 0 Å². The van der Waals surface area contributed by atoms with Crippen molar-refractivity contribution >= 4 is 22.8 Å². The monoisotopic (exact) mass is 339 g/mol. The molecular weight excluding hydrogens is 322 g/mol. The number of aliphatic hydroxyl groups excluding tert-OH is 2. The van der Waals surface area contributed by atoms with E-state index >= 15 is 0 Å². The van der Waals surface area contributed by atoms with Crippen molar-refractivity contribution in [2.45, 2.75) is 31.0 Å². The number of fused-ring (bicyclic) bond motifs is 1. The van der Waals surface area contributed by atoms with Crippen molar-refractivity contribution in [3.63, 3.8) is 0 Å². The number of hydrogen-bond acceptors (Lipinski definition) is 9. The molecule has 0 radical (unpaired) electrons. The molecule has 3 rings (SSSR count). The minimum atomic E-state index is -1.77. The lowest BCUT2D eigenvalue weighted by Gasteiger charge is -2.27. The second-order valence-electron chi connectivity index (χ2n) is 5.73. The minimum absolute atomic E-state index is 0.0107. The fourth-order valence-corrected chi connectivity index (χ4v) is 2.93. The number of amides is 1. The van der Waals surface area contributed by atoms with Crippen LogP contribution in [0.2, 0.25) is 0 Å². The summed E-state index contributed by atoms with van der Waals surface area (Å²) in [6, 6.07) is 0. The van der Waals surface area contributed by atoms with Gasteiger partial charge in [0.05, 0.1) is 17.6 Å². The Balaban J connectivity index is 2.23. The third kappa shape index (κ3) is 2.22. The molecule has 1 aliphatic rings. The summed E-state index contributed by atoms with van der Waals surface area (Å²) < 4.78 is 6.82. The molecule has 0 spiro atoms. The average Bonchev–Trinajstić information content (AvgIpc) is 3.04. The Kier molecular flexibility index (Phi) is 3.89. The summed E-state index contributed by atoms with van der Waals surface area (Å²) in [6.45, 7) is 0.828. The Morgan fingerprint density at radius 2 is 2.25 bits per heavy atom. The largest absolute Gasteiger partial charge is 0.394 e. The molecule has 0 saturated carbocycles. The molecule has 1 fully saturated rings. The van der Waals surface area contributed by atoms with Crippen LogP contribution in [-0.2, 0) is 4.74 Å². The second kappa shape index (κ2) is 5.65. The third-order valence-corrected chi connectivity index (χ3v) is 4.17. The van der Waals surface area contributed by atoms with Crippen molar-refractivity contribution in [2.24, 2.45) is 5.73 Å². The summed E-state index contributed by atoms with van der Waals surface area (Å²) in [7, 11) is 0. The first-order chi connectivity index (χ1) is 11.3. The number of anilines is 1. The van der Waals surface area contributed by atoms with Gasteiger partial charge in [-0.05, 0) is 6.92 Å². The zero-order valence-electron chi connectivity index (χ0n) is 12.6. The Bertz CT molecular complexity index is 790. The summed E-state index contributed by atoms with van der Waals surface area (Å²) in [6.07, 6.45) is -1.11. The highest BCUT2D eigenvalue weighted by Crippen LogP contribution is 2.40. The van der Waals surface area contributed by atoms with Crippen molar-refractivity contribution in [1.29, 1.82) is 0 Å². The van der Waals surface area contributed by atoms with Crippen LogP contribution in [0.15, 0.2) is 12.5 Å². The maximum atomic E-state index is 11.7. The van der Waals surface area contributed by atoms with Crippen molar-refractivity contribution < 1.29 is 30.1 Å². The molecule has 2 aromatic rings. The summed E-state index contributed by atoms with van der Waals surface area (Å²) in [5.41, 5.74) is 5.57. The molecule has 2 aromatic heterocycles. The van der Waals surface area contributed by atoms with Gasteiger partial charge in [0.15, 0.2) is 12.0 Å². The van der Waals surface area contributed by atoms with Crippen LogP contribution in [0.3, 0.4) is 0 Å². The smallest absolute Gasteiger partial charge is 0.251 e. The Hall–Kier alpha value is -2.31. The van der Waals surface area contributed by atoms with E-state index in [4.69, 9.17) is 10.5 Å². The van der Waals surface area contributed by atoms with Gasteiger partial charge in [0.1, 0.15) is 29.8 Å². The van der Waals surface area contributed by atoms with Gasteiger partial charge in [-0.15, -0.1) is 0 Å². The molecule has 0 bridgehead atoms. The number of aromatic nitrogens is 3. The van der Waals surface area contributed by atoms with Crippen molar-refractivity contribution in [1.82, 2.24) is 14.5 Å². The Morgan fingerprint density at radius 1 is 1.54 bits per heavy atom. The molecule has 0 aromatic carbocycles. The normalized spacial score (nSPS) is 30.0. The minimum Gasteiger partial charge on any atom is -0.394 e. The van der Waals surface area contributed by atoms with E-state index in [1.165, 1.54) is 17.7 Å². The molecule has 1 saturated heterocycles. The quantitative estimate of drug-likeness (QED) is 0.356. The van der Waals surface area contributed by atoms with Gasteiger partial charge in [0.25, 0.3) is 5.91 Å². The first-order valence-corrected chi connectivity index (χ1v) is 7.05. The molecule has 4 atom stereocenters. The molecule has 7 N–H and O–H groups in total. The highest BCUT2D eigenvalue weighted by Gasteiger charge is 2.53. The van der Waals surface area contributed by atoms with Gasteiger partial charge >= 0.3 is 0 Å². The molecular formula is C13H17N5O6. The molecule has 11 heteroatoms. The van der Waals surface area contributed by atoms with E-state index < -0.39 is 36.6 Å². The Labute approximate surface area is 135 Å². The van der Waals surface area contributed by atoms with Gasteiger partial charge in [-0.3, -0.25) is 15.5 Å². The van der Waals surface area contributed by atoms with Crippen molar-refractivity contribution in [3.05, 3.63) is 18.1 Å². The lowest BCUT2D eigenvalue weighted by atomic mass is 9.96. The van der Waals surface area contributed by atoms with E-state index in [0.717, 1.165) is 6.33 Å². The fourth-order valence-electron chi connectivity index (χ4n) is 2.93. The first-order valence-electron chi connectivity index (χ1n) is 7.05. The molecule has 3 heterocycles. The van der Waals surface area contributed by atoms with E-state index in [1.54, 1.807) is 0 Å². The number of nitrogens with two attached hydrogens (primary N) is 1. The van der Waals surface area contributed by atoms with E-state index in [0.29, 0.717) is 0 Å². The lowest BCUT2D eigenvalue weighted by molar-refractivity contribution is -0.0948. The van der Waals surface area contributed by atoms with E-state index in [9.17, 15) is 25.3 Å². The van der Waals surface area contributed by atoms with Gasteiger partial charge in [-0.2, -0.15) is 0 Å². The van der Waals surface area contributed by atoms with Gasteiger partial charge < -0.3 is 30.4 Å². The summed E-state index contributed by atoms with van der Waals surface area (Å²) in [4.78, 5) is 19.6. The van der Waals surface area contributed by atoms with Crippen LogP contribution >= 0.6 is 0 Å². The van der Waals surface area contributed by atoms with E-state index in [1.807, 2.05) is 5.48 Å². The number of nitrogens with zero attached hydrogens (tertiary/aromatic N) is 3. The predicted molar refractivity (Wildman–Crippen MR) is 79.1 cm³/mol. The van der Waals surface area contributed by atoms with Gasteiger partial charge in [0, 0.05) is 6.20 Å². The number of nitrogens with one attached hydrogen (secondary N) is 1. The molecule has 3 unspecified atom stereocenters. The van der Waals surface area contributed by atoms with Crippen LogP contribution in [0.5, 0.6) is 0 Å². The zero-order chi connectivity index (χ0) is 17.6. The number of carbonyl (C=O) groups excluding carboxylic acids is 1. The second-order valence-corrected chi connectivity index (χ2v) is 5.73. The number of aliphatic hydroxyl groups is 3. The number of ether oxygens (including phenoxy) is 1. The molecule has 11 nitrogen and oxygen atoms in total. The van der Waals surface area contributed by atoms with Crippen LogP contribution in [0.1, 0.15) is 23.5 Å². The first kappa shape index (κ1) is 16.5. The Morgan fingerprint density at radius 3 is 2.79 bits per heavy atom.